The van der Waals surface area contributed by atoms with Crippen molar-refractivity contribution in [2.45, 2.75) is 6.42 Å². The van der Waals surface area contributed by atoms with Crippen molar-refractivity contribution in [2.24, 2.45) is 0 Å². The maximum atomic E-state index is 12.5. The van der Waals surface area contributed by atoms with Crippen molar-refractivity contribution in [3.05, 3.63) is 65.7 Å². The first-order chi connectivity index (χ1) is 11.6. The second kappa shape index (κ2) is 7.17. The number of hydrogen-bond donors (Lipinski definition) is 1. The molecule has 0 atom stereocenters. The molecule has 1 heterocycles. The summed E-state index contributed by atoms with van der Waals surface area (Å²) in [5, 5.41) is 9.80. The van der Waals surface area contributed by atoms with Crippen LogP contribution < -0.4 is 0 Å². The SMILES string of the molecule is O=C(Cc1ccccc1)N1CCN(C(=O)c2ccccc2O)CC1. The van der Waals surface area contributed by atoms with Gasteiger partial charge in [-0.1, -0.05) is 42.5 Å². The Morgan fingerprint density at radius 3 is 2.08 bits per heavy atom. The summed E-state index contributed by atoms with van der Waals surface area (Å²) in [7, 11) is 0. The van der Waals surface area contributed by atoms with Crippen molar-refractivity contribution in [3.63, 3.8) is 0 Å². The van der Waals surface area contributed by atoms with E-state index in [4.69, 9.17) is 0 Å². The van der Waals surface area contributed by atoms with Crippen LogP contribution >= 0.6 is 0 Å². The highest BCUT2D eigenvalue weighted by Gasteiger charge is 2.25. The van der Waals surface area contributed by atoms with E-state index in [-0.39, 0.29) is 17.6 Å². The summed E-state index contributed by atoms with van der Waals surface area (Å²) in [6, 6.07) is 16.2. The molecule has 1 aliphatic rings. The summed E-state index contributed by atoms with van der Waals surface area (Å²) in [4.78, 5) is 28.3. The molecule has 1 aliphatic heterocycles. The molecular weight excluding hydrogens is 304 g/mol. The Bertz CT molecular complexity index is 722. The smallest absolute Gasteiger partial charge is 0.257 e. The molecular formula is C19H20N2O3. The predicted molar refractivity (Wildman–Crippen MR) is 90.7 cm³/mol. The number of carbonyl (C=O) groups is 2. The van der Waals surface area contributed by atoms with Crippen molar-refractivity contribution in [1.29, 1.82) is 0 Å². The van der Waals surface area contributed by atoms with Crippen LogP contribution in [0.25, 0.3) is 0 Å². The van der Waals surface area contributed by atoms with E-state index >= 15 is 0 Å². The molecule has 24 heavy (non-hydrogen) atoms. The number of amides is 2. The minimum absolute atomic E-state index is 0.00918. The third-order valence-corrected chi connectivity index (χ3v) is 4.25. The van der Waals surface area contributed by atoms with Gasteiger partial charge < -0.3 is 14.9 Å². The number of nitrogens with zero attached hydrogens (tertiary/aromatic N) is 2. The number of phenols is 1. The maximum absolute atomic E-state index is 12.5. The first-order valence-electron chi connectivity index (χ1n) is 8.04. The zero-order valence-electron chi connectivity index (χ0n) is 13.4. The lowest BCUT2D eigenvalue weighted by Gasteiger charge is -2.35. The molecule has 2 aromatic rings. The van der Waals surface area contributed by atoms with Gasteiger partial charge in [0.2, 0.25) is 5.91 Å². The Balaban J connectivity index is 1.57. The van der Waals surface area contributed by atoms with Crippen molar-refractivity contribution in [2.75, 3.05) is 26.2 Å². The molecule has 0 radical (unpaired) electrons. The van der Waals surface area contributed by atoms with Crippen LogP contribution in [0.2, 0.25) is 0 Å². The number of hydrogen-bond acceptors (Lipinski definition) is 3. The molecule has 0 aliphatic carbocycles. The first kappa shape index (κ1) is 16.1. The molecule has 5 heteroatoms. The molecule has 5 nitrogen and oxygen atoms in total. The van der Waals surface area contributed by atoms with Gasteiger partial charge in [-0.15, -0.1) is 0 Å². The lowest BCUT2D eigenvalue weighted by atomic mass is 10.1. The Kier molecular flexibility index (Phi) is 4.79. The zero-order chi connectivity index (χ0) is 16.9. The Hall–Kier alpha value is -2.82. The number of benzene rings is 2. The van der Waals surface area contributed by atoms with E-state index < -0.39 is 0 Å². The van der Waals surface area contributed by atoms with Crippen LogP contribution in [0, 0.1) is 0 Å². The fourth-order valence-electron chi connectivity index (χ4n) is 2.87. The predicted octanol–water partition coefficient (Wildman–Crippen LogP) is 1.92. The summed E-state index contributed by atoms with van der Waals surface area (Å²) in [6.45, 7) is 2.00. The molecule has 2 amide bonds. The minimum atomic E-state index is -0.191. The second-order valence-electron chi connectivity index (χ2n) is 5.85. The second-order valence-corrected chi connectivity index (χ2v) is 5.85. The topological polar surface area (TPSA) is 60.9 Å². The molecule has 1 saturated heterocycles. The first-order valence-corrected chi connectivity index (χ1v) is 8.04. The number of phenolic OH excluding ortho intramolecular Hbond substituents is 1. The Morgan fingerprint density at radius 1 is 0.833 bits per heavy atom. The fraction of sp³-hybridized carbons (Fsp3) is 0.263. The van der Waals surface area contributed by atoms with E-state index in [9.17, 15) is 14.7 Å². The number of rotatable bonds is 3. The van der Waals surface area contributed by atoms with Crippen LogP contribution in [0.15, 0.2) is 54.6 Å². The van der Waals surface area contributed by atoms with Crippen LogP contribution in [0.5, 0.6) is 5.75 Å². The van der Waals surface area contributed by atoms with Crippen LogP contribution in [0.4, 0.5) is 0 Å². The summed E-state index contributed by atoms with van der Waals surface area (Å²) in [5.74, 6) is -0.121. The van der Waals surface area contributed by atoms with Gasteiger partial charge in [-0.05, 0) is 17.7 Å². The van der Waals surface area contributed by atoms with Crippen molar-refractivity contribution >= 4 is 11.8 Å². The number of carbonyl (C=O) groups excluding carboxylic acids is 2. The summed E-state index contributed by atoms with van der Waals surface area (Å²) in [5.41, 5.74) is 1.30. The normalized spacial score (nSPS) is 14.5. The summed E-state index contributed by atoms with van der Waals surface area (Å²) < 4.78 is 0. The molecule has 3 rings (SSSR count). The lowest BCUT2D eigenvalue weighted by Crippen LogP contribution is -2.51. The average molecular weight is 324 g/mol. The van der Waals surface area contributed by atoms with Gasteiger partial charge >= 0.3 is 0 Å². The highest BCUT2D eigenvalue weighted by atomic mass is 16.3. The number of piperazine rings is 1. The molecule has 0 unspecified atom stereocenters. The minimum Gasteiger partial charge on any atom is -0.507 e. The quantitative estimate of drug-likeness (QED) is 0.938. The van der Waals surface area contributed by atoms with Gasteiger partial charge in [0.25, 0.3) is 5.91 Å². The molecule has 1 N–H and O–H groups in total. The maximum Gasteiger partial charge on any atom is 0.257 e. The highest BCUT2D eigenvalue weighted by Crippen LogP contribution is 2.19. The average Bonchev–Trinajstić information content (AvgIpc) is 2.62. The van der Waals surface area contributed by atoms with Gasteiger partial charge in [0.05, 0.1) is 12.0 Å². The summed E-state index contributed by atoms with van der Waals surface area (Å²) >= 11 is 0. The third kappa shape index (κ3) is 3.56. The van der Waals surface area contributed by atoms with E-state index in [2.05, 4.69) is 0 Å². The van der Waals surface area contributed by atoms with Gasteiger partial charge in [0, 0.05) is 26.2 Å². The van der Waals surface area contributed by atoms with E-state index in [0.717, 1.165) is 5.56 Å². The lowest BCUT2D eigenvalue weighted by molar-refractivity contribution is -0.131. The standard InChI is InChI=1S/C19H20N2O3/c22-17-9-5-4-8-16(17)19(24)21-12-10-20(11-13-21)18(23)14-15-6-2-1-3-7-15/h1-9,22H,10-14H2. The van der Waals surface area contributed by atoms with E-state index in [1.807, 2.05) is 30.3 Å². The van der Waals surface area contributed by atoms with Gasteiger partial charge in [-0.3, -0.25) is 9.59 Å². The highest BCUT2D eigenvalue weighted by molar-refractivity contribution is 5.97. The van der Waals surface area contributed by atoms with Crippen LogP contribution in [0.1, 0.15) is 15.9 Å². The molecule has 2 aromatic carbocycles. The number of para-hydroxylation sites is 1. The Morgan fingerprint density at radius 2 is 1.42 bits per heavy atom. The molecule has 0 saturated carbocycles. The van der Waals surface area contributed by atoms with Gasteiger partial charge in [0.15, 0.2) is 0 Å². The van der Waals surface area contributed by atoms with Crippen molar-refractivity contribution in [3.8, 4) is 5.75 Å². The molecule has 0 bridgehead atoms. The van der Waals surface area contributed by atoms with Crippen LogP contribution in [0.3, 0.4) is 0 Å². The van der Waals surface area contributed by atoms with E-state index in [1.54, 1.807) is 28.0 Å². The molecule has 0 spiro atoms. The van der Waals surface area contributed by atoms with Gasteiger partial charge in [-0.25, -0.2) is 0 Å². The van der Waals surface area contributed by atoms with E-state index in [0.29, 0.717) is 38.2 Å². The number of aromatic hydroxyl groups is 1. The van der Waals surface area contributed by atoms with Gasteiger partial charge in [-0.2, -0.15) is 0 Å². The Labute approximate surface area is 141 Å². The van der Waals surface area contributed by atoms with Crippen LogP contribution in [-0.4, -0.2) is 52.9 Å². The van der Waals surface area contributed by atoms with Crippen LogP contribution in [-0.2, 0) is 11.2 Å². The van der Waals surface area contributed by atoms with Gasteiger partial charge in [0.1, 0.15) is 5.75 Å². The van der Waals surface area contributed by atoms with Crippen molar-refractivity contribution in [1.82, 2.24) is 9.80 Å². The molecule has 1 fully saturated rings. The van der Waals surface area contributed by atoms with Crippen molar-refractivity contribution < 1.29 is 14.7 Å². The zero-order valence-corrected chi connectivity index (χ0v) is 13.4. The fourth-order valence-corrected chi connectivity index (χ4v) is 2.87. The summed E-state index contributed by atoms with van der Waals surface area (Å²) in [6.07, 6.45) is 0.383. The van der Waals surface area contributed by atoms with E-state index in [1.165, 1.54) is 6.07 Å². The largest absolute Gasteiger partial charge is 0.507 e. The third-order valence-electron chi connectivity index (χ3n) is 4.25. The molecule has 124 valence electrons. The molecule has 0 aromatic heterocycles. The monoisotopic (exact) mass is 324 g/mol.